The number of ether oxygens (including phenoxy) is 1. The number of hydrogen-bond donors (Lipinski definition) is 0. The molecule has 0 saturated carbocycles. The number of piperidine rings is 1. The Morgan fingerprint density at radius 3 is 2.39 bits per heavy atom. The fraction of sp³-hybridized carbons (Fsp3) is 0.500. The number of carbonyl (C=O) groups excluding carboxylic acids is 3. The number of carbonyl (C=O) groups is 3. The number of rotatable bonds is 7. The highest BCUT2D eigenvalue weighted by molar-refractivity contribution is 6.33. The van der Waals surface area contributed by atoms with Crippen LogP contribution < -0.4 is 0 Å². The molecule has 1 fully saturated rings. The third-order valence-electron chi connectivity index (χ3n) is 5.92. The summed E-state index contributed by atoms with van der Waals surface area (Å²) in [6.45, 7) is 7.22. The molecule has 0 bridgehead atoms. The Balaban J connectivity index is 1.61. The SMILES string of the molecule is CCOC(=O)C1CCN(C(=O)CN(C)C(=O)c2c(C)nn(Cc3ccc(C)cc3)c2Cl)CC1. The van der Waals surface area contributed by atoms with Crippen molar-refractivity contribution in [2.75, 3.05) is 33.3 Å². The minimum Gasteiger partial charge on any atom is -0.466 e. The fourth-order valence-electron chi connectivity index (χ4n) is 3.96. The minimum atomic E-state index is -0.345. The van der Waals surface area contributed by atoms with Crippen LogP contribution in [0, 0.1) is 19.8 Å². The van der Waals surface area contributed by atoms with Gasteiger partial charge in [0.1, 0.15) is 5.15 Å². The lowest BCUT2D eigenvalue weighted by Crippen LogP contribution is -2.45. The van der Waals surface area contributed by atoms with E-state index in [0.717, 1.165) is 11.1 Å². The maximum atomic E-state index is 13.1. The lowest BCUT2D eigenvalue weighted by atomic mass is 9.97. The molecular formula is C24H31ClN4O4. The molecule has 0 aliphatic carbocycles. The van der Waals surface area contributed by atoms with E-state index in [1.807, 2.05) is 31.2 Å². The van der Waals surface area contributed by atoms with Crippen molar-refractivity contribution in [2.24, 2.45) is 5.92 Å². The largest absolute Gasteiger partial charge is 0.466 e. The van der Waals surface area contributed by atoms with Gasteiger partial charge in [0.25, 0.3) is 5.91 Å². The average Bonchev–Trinajstić information content (AvgIpc) is 3.07. The number of halogens is 1. The molecule has 178 valence electrons. The van der Waals surface area contributed by atoms with Crippen LogP contribution in [-0.2, 0) is 20.9 Å². The van der Waals surface area contributed by atoms with E-state index in [1.54, 1.807) is 30.5 Å². The van der Waals surface area contributed by atoms with E-state index in [4.69, 9.17) is 16.3 Å². The Morgan fingerprint density at radius 2 is 1.79 bits per heavy atom. The lowest BCUT2D eigenvalue weighted by molar-refractivity contribution is -0.151. The highest BCUT2D eigenvalue weighted by atomic mass is 35.5. The summed E-state index contributed by atoms with van der Waals surface area (Å²) >= 11 is 6.52. The highest BCUT2D eigenvalue weighted by Crippen LogP contribution is 2.23. The van der Waals surface area contributed by atoms with Crippen molar-refractivity contribution in [3.05, 3.63) is 51.8 Å². The van der Waals surface area contributed by atoms with Gasteiger partial charge in [-0.2, -0.15) is 5.10 Å². The van der Waals surface area contributed by atoms with E-state index < -0.39 is 0 Å². The number of benzene rings is 1. The Hall–Kier alpha value is -2.87. The zero-order chi connectivity index (χ0) is 24.1. The lowest BCUT2D eigenvalue weighted by Gasteiger charge is -2.32. The number of aryl methyl sites for hydroxylation is 2. The molecule has 2 heterocycles. The van der Waals surface area contributed by atoms with Gasteiger partial charge in [-0.25, -0.2) is 4.68 Å². The second kappa shape index (κ2) is 10.8. The van der Waals surface area contributed by atoms with E-state index >= 15 is 0 Å². The molecule has 33 heavy (non-hydrogen) atoms. The van der Waals surface area contributed by atoms with E-state index in [2.05, 4.69) is 5.10 Å². The average molecular weight is 475 g/mol. The van der Waals surface area contributed by atoms with Crippen LogP contribution in [-0.4, -0.2) is 70.7 Å². The van der Waals surface area contributed by atoms with Crippen LogP contribution in [0.25, 0.3) is 0 Å². The molecule has 2 aromatic rings. The van der Waals surface area contributed by atoms with Crippen molar-refractivity contribution in [3.63, 3.8) is 0 Å². The molecule has 0 spiro atoms. The molecule has 8 nitrogen and oxygen atoms in total. The van der Waals surface area contributed by atoms with Crippen molar-refractivity contribution in [2.45, 2.75) is 40.2 Å². The molecular weight excluding hydrogens is 444 g/mol. The third-order valence-corrected chi connectivity index (χ3v) is 6.30. The first kappa shape index (κ1) is 24.8. The number of hydrogen-bond acceptors (Lipinski definition) is 5. The topological polar surface area (TPSA) is 84.7 Å². The molecule has 1 aromatic carbocycles. The summed E-state index contributed by atoms with van der Waals surface area (Å²) in [5, 5.41) is 4.70. The van der Waals surface area contributed by atoms with Gasteiger partial charge < -0.3 is 14.5 Å². The van der Waals surface area contributed by atoms with Gasteiger partial charge in [-0.15, -0.1) is 0 Å². The van der Waals surface area contributed by atoms with E-state index in [9.17, 15) is 14.4 Å². The molecule has 1 aliphatic heterocycles. The number of esters is 1. The summed E-state index contributed by atoms with van der Waals surface area (Å²) in [5.74, 6) is -0.879. The number of amides is 2. The summed E-state index contributed by atoms with van der Waals surface area (Å²) in [6.07, 6.45) is 1.14. The molecule has 3 rings (SSSR count). The summed E-state index contributed by atoms with van der Waals surface area (Å²) in [6, 6.07) is 8.03. The molecule has 1 saturated heterocycles. The van der Waals surface area contributed by atoms with Crippen molar-refractivity contribution >= 4 is 29.4 Å². The number of nitrogens with zero attached hydrogens (tertiary/aromatic N) is 4. The Morgan fingerprint density at radius 1 is 1.15 bits per heavy atom. The minimum absolute atomic E-state index is 0.0676. The van der Waals surface area contributed by atoms with Gasteiger partial charge in [0, 0.05) is 20.1 Å². The first-order chi connectivity index (χ1) is 15.7. The zero-order valence-corrected chi connectivity index (χ0v) is 20.4. The molecule has 2 amide bonds. The van der Waals surface area contributed by atoms with Crippen LogP contribution in [0.3, 0.4) is 0 Å². The van der Waals surface area contributed by atoms with E-state index in [-0.39, 0.29) is 35.4 Å². The fourth-order valence-corrected chi connectivity index (χ4v) is 4.27. The normalized spacial score (nSPS) is 14.3. The van der Waals surface area contributed by atoms with E-state index in [0.29, 0.717) is 50.3 Å². The van der Waals surface area contributed by atoms with Gasteiger partial charge >= 0.3 is 5.97 Å². The summed E-state index contributed by atoms with van der Waals surface area (Å²) < 4.78 is 6.68. The van der Waals surface area contributed by atoms with Gasteiger partial charge in [-0.1, -0.05) is 41.4 Å². The van der Waals surface area contributed by atoms with Crippen molar-refractivity contribution in [3.8, 4) is 0 Å². The van der Waals surface area contributed by atoms with Crippen LogP contribution in [0.5, 0.6) is 0 Å². The smallest absolute Gasteiger partial charge is 0.309 e. The molecule has 1 aromatic heterocycles. The first-order valence-corrected chi connectivity index (χ1v) is 11.6. The number of likely N-dealkylation sites (N-methyl/N-ethyl adjacent to an activating group) is 1. The van der Waals surface area contributed by atoms with Crippen molar-refractivity contribution in [1.82, 2.24) is 19.6 Å². The second-order valence-electron chi connectivity index (χ2n) is 8.46. The number of aromatic nitrogens is 2. The van der Waals surface area contributed by atoms with Gasteiger partial charge in [-0.3, -0.25) is 14.4 Å². The Bertz CT molecular complexity index is 1010. The van der Waals surface area contributed by atoms with Gasteiger partial charge in [0.15, 0.2) is 0 Å². The Labute approximate surface area is 199 Å². The highest BCUT2D eigenvalue weighted by Gasteiger charge is 2.30. The molecule has 9 heteroatoms. The zero-order valence-electron chi connectivity index (χ0n) is 19.6. The van der Waals surface area contributed by atoms with Crippen LogP contribution in [0.1, 0.15) is 46.9 Å². The maximum absolute atomic E-state index is 13.1. The predicted molar refractivity (Wildman–Crippen MR) is 125 cm³/mol. The molecule has 1 aliphatic rings. The summed E-state index contributed by atoms with van der Waals surface area (Å²) in [5.41, 5.74) is 3.01. The quantitative estimate of drug-likeness (QED) is 0.576. The summed E-state index contributed by atoms with van der Waals surface area (Å²) in [7, 11) is 1.58. The molecule has 0 unspecified atom stereocenters. The number of likely N-dealkylation sites (tertiary alicyclic amines) is 1. The first-order valence-electron chi connectivity index (χ1n) is 11.2. The second-order valence-corrected chi connectivity index (χ2v) is 8.82. The third kappa shape index (κ3) is 5.93. The van der Waals surface area contributed by atoms with Gasteiger partial charge in [0.2, 0.25) is 5.91 Å². The Kier molecular flexibility index (Phi) is 8.13. The molecule has 0 N–H and O–H groups in total. The van der Waals surface area contributed by atoms with Crippen LogP contribution in [0.4, 0.5) is 0 Å². The predicted octanol–water partition coefficient (Wildman–Crippen LogP) is 3.08. The molecule has 0 radical (unpaired) electrons. The maximum Gasteiger partial charge on any atom is 0.309 e. The van der Waals surface area contributed by atoms with Crippen LogP contribution >= 0.6 is 11.6 Å². The van der Waals surface area contributed by atoms with Gasteiger partial charge in [-0.05, 0) is 39.2 Å². The summed E-state index contributed by atoms with van der Waals surface area (Å²) in [4.78, 5) is 40.8. The standard InChI is InChI=1S/C24H31ClN4O4/c1-5-33-24(32)19-10-12-28(13-11-19)20(30)15-27(4)23(31)21-17(3)26-29(22(21)25)14-18-8-6-16(2)7-9-18/h6-9,19H,5,10-15H2,1-4H3. The van der Waals surface area contributed by atoms with Crippen molar-refractivity contribution < 1.29 is 19.1 Å². The van der Waals surface area contributed by atoms with Crippen LogP contribution in [0.2, 0.25) is 5.15 Å². The van der Waals surface area contributed by atoms with E-state index in [1.165, 1.54) is 4.90 Å². The van der Waals surface area contributed by atoms with Gasteiger partial charge in [0.05, 0.1) is 36.9 Å². The van der Waals surface area contributed by atoms with Crippen molar-refractivity contribution in [1.29, 1.82) is 0 Å². The molecule has 0 atom stereocenters. The monoisotopic (exact) mass is 474 g/mol. The van der Waals surface area contributed by atoms with Crippen LogP contribution in [0.15, 0.2) is 24.3 Å².